The molecule has 6 nitrogen and oxygen atoms in total. The van der Waals surface area contributed by atoms with E-state index in [9.17, 15) is 4.79 Å². The summed E-state index contributed by atoms with van der Waals surface area (Å²) in [7, 11) is 0. The maximum Gasteiger partial charge on any atom is 0.227 e. The van der Waals surface area contributed by atoms with Gasteiger partial charge in [0.05, 0.1) is 23.4 Å². The summed E-state index contributed by atoms with van der Waals surface area (Å²) in [5.41, 5.74) is 3.12. The fourth-order valence-electron chi connectivity index (χ4n) is 3.84. The van der Waals surface area contributed by atoms with Crippen molar-refractivity contribution >= 4 is 17.4 Å². The van der Waals surface area contributed by atoms with Crippen molar-refractivity contribution in [2.75, 3.05) is 5.32 Å². The number of carbonyl (C=O) groups is 1. The maximum atomic E-state index is 13.0. The number of ether oxygens (including phenoxy) is 1. The zero-order chi connectivity index (χ0) is 21.6. The summed E-state index contributed by atoms with van der Waals surface area (Å²) in [6.45, 7) is 4.41. The van der Waals surface area contributed by atoms with Crippen LogP contribution in [0.5, 0.6) is 5.75 Å². The number of aromatic nitrogens is 3. The predicted octanol–water partition coefficient (Wildman–Crippen LogP) is 5.37. The van der Waals surface area contributed by atoms with E-state index in [2.05, 4.69) is 46.2 Å². The monoisotopic (exact) mass is 416 g/mol. The number of pyridine rings is 1. The first-order valence-electron chi connectivity index (χ1n) is 10.9. The molecule has 0 bridgehead atoms. The molecule has 0 unspecified atom stereocenters. The number of nitrogens with zero attached hydrogens (tertiary/aromatic N) is 3. The summed E-state index contributed by atoms with van der Waals surface area (Å²) in [6, 6.07) is 9.94. The van der Waals surface area contributed by atoms with Gasteiger partial charge in [0.25, 0.3) is 0 Å². The number of benzene rings is 1. The molecule has 3 aromatic rings. The molecule has 1 aliphatic rings. The van der Waals surface area contributed by atoms with Crippen molar-refractivity contribution in [2.45, 2.75) is 52.1 Å². The van der Waals surface area contributed by atoms with Crippen LogP contribution in [0, 0.1) is 5.92 Å². The quantitative estimate of drug-likeness (QED) is 0.498. The van der Waals surface area contributed by atoms with Crippen LogP contribution in [0.15, 0.2) is 55.1 Å². The normalized spacial score (nSPS) is 14.0. The van der Waals surface area contributed by atoms with Crippen LogP contribution in [0.1, 0.15) is 61.0 Å². The highest BCUT2D eigenvalue weighted by atomic mass is 16.5. The van der Waals surface area contributed by atoms with Gasteiger partial charge in [0.15, 0.2) is 5.78 Å². The summed E-state index contributed by atoms with van der Waals surface area (Å²) < 4.78 is 6.05. The van der Waals surface area contributed by atoms with Crippen LogP contribution >= 0.6 is 0 Å². The molecule has 0 saturated heterocycles. The fourth-order valence-corrected chi connectivity index (χ4v) is 3.84. The highest BCUT2D eigenvalue weighted by Gasteiger charge is 2.21. The summed E-state index contributed by atoms with van der Waals surface area (Å²) in [6.07, 6.45) is 11.9. The van der Waals surface area contributed by atoms with E-state index in [4.69, 9.17) is 4.74 Å². The summed E-state index contributed by atoms with van der Waals surface area (Å²) in [5.74, 6) is 1.44. The molecule has 0 spiro atoms. The second-order valence-electron chi connectivity index (χ2n) is 8.44. The van der Waals surface area contributed by atoms with Crippen LogP contribution in [0.25, 0.3) is 0 Å². The molecule has 4 rings (SSSR count). The maximum absolute atomic E-state index is 13.0. The zero-order valence-corrected chi connectivity index (χ0v) is 18.0. The molecule has 0 amide bonds. The minimum atomic E-state index is -0.167. The van der Waals surface area contributed by atoms with Crippen LogP contribution in [0.3, 0.4) is 0 Å². The molecule has 1 aromatic carbocycles. The lowest BCUT2D eigenvalue weighted by molar-refractivity contribution is 0.103. The second kappa shape index (κ2) is 9.69. The van der Waals surface area contributed by atoms with Gasteiger partial charge >= 0.3 is 0 Å². The molecular weight excluding hydrogens is 388 g/mol. The molecule has 160 valence electrons. The molecule has 31 heavy (non-hydrogen) atoms. The smallest absolute Gasteiger partial charge is 0.227 e. The summed E-state index contributed by atoms with van der Waals surface area (Å²) in [4.78, 5) is 25.8. The number of hydrogen-bond acceptors (Lipinski definition) is 6. The predicted molar refractivity (Wildman–Crippen MR) is 121 cm³/mol. The molecule has 1 N–H and O–H groups in total. The van der Waals surface area contributed by atoms with Crippen LogP contribution in [0.2, 0.25) is 0 Å². The third kappa shape index (κ3) is 5.45. The van der Waals surface area contributed by atoms with Crippen LogP contribution < -0.4 is 10.1 Å². The first-order valence-corrected chi connectivity index (χ1v) is 10.9. The van der Waals surface area contributed by atoms with Gasteiger partial charge in [-0.2, -0.15) is 0 Å². The summed E-state index contributed by atoms with van der Waals surface area (Å²) >= 11 is 0. The molecule has 0 radical (unpaired) electrons. The van der Waals surface area contributed by atoms with Gasteiger partial charge < -0.3 is 10.1 Å². The lowest BCUT2D eigenvalue weighted by Gasteiger charge is -2.15. The van der Waals surface area contributed by atoms with Crippen molar-refractivity contribution in [3.63, 3.8) is 0 Å². The van der Waals surface area contributed by atoms with Crippen molar-refractivity contribution in [1.82, 2.24) is 15.0 Å². The fraction of sp³-hybridized carbons (Fsp3) is 0.360. The molecule has 6 heteroatoms. The summed E-state index contributed by atoms with van der Waals surface area (Å²) in [5, 5.41) is 3.18. The minimum absolute atomic E-state index is 0.158. The van der Waals surface area contributed by atoms with Crippen molar-refractivity contribution in [3.05, 3.63) is 71.8 Å². The molecule has 0 aliphatic heterocycles. The number of hydrogen-bond donors (Lipinski definition) is 1. The Morgan fingerprint density at radius 2 is 1.77 bits per heavy atom. The molecule has 1 aliphatic carbocycles. The van der Waals surface area contributed by atoms with Gasteiger partial charge in [0, 0.05) is 24.3 Å². The number of rotatable bonds is 8. The minimum Gasteiger partial charge on any atom is -0.488 e. The van der Waals surface area contributed by atoms with Crippen molar-refractivity contribution in [3.8, 4) is 5.75 Å². The molecule has 1 fully saturated rings. The third-order valence-electron chi connectivity index (χ3n) is 5.39. The zero-order valence-electron chi connectivity index (χ0n) is 18.0. The van der Waals surface area contributed by atoms with Gasteiger partial charge in [0.1, 0.15) is 5.75 Å². The highest BCUT2D eigenvalue weighted by Crippen LogP contribution is 2.27. The lowest BCUT2D eigenvalue weighted by Crippen LogP contribution is -2.14. The van der Waals surface area contributed by atoms with Gasteiger partial charge in [-0.3, -0.25) is 9.78 Å². The van der Waals surface area contributed by atoms with E-state index in [-0.39, 0.29) is 11.9 Å². The number of anilines is 2. The van der Waals surface area contributed by atoms with Crippen molar-refractivity contribution in [1.29, 1.82) is 0 Å². The Morgan fingerprint density at radius 3 is 2.45 bits per heavy atom. The van der Waals surface area contributed by atoms with Gasteiger partial charge in [-0.05, 0) is 61.8 Å². The average molecular weight is 417 g/mol. The van der Waals surface area contributed by atoms with Gasteiger partial charge in [0.2, 0.25) is 5.95 Å². The van der Waals surface area contributed by atoms with Crippen molar-refractivity contribution < 1.29 is 9.53 Å². The second-order valence-corrected chi connectivity index (χ2v) is 8.44. The molecule has 0 atom stereocenters. The largest absolute Gasteiger partial charge is 0.488 e. The van der Waals surface area contributed by atoms with E-state index in [0.29, 0.717) is 28.7 Å². The Balaban J connectivity index is 1.44. The number of ketones is 1. The van der Waals surface area contributed by atoms with E-state index in [0.717, 1.165) is 37.8 Å². The van der Waals surface area contributed by atoms with E-state index in [1.807, 2.05) is 12.1 Å². The highest BCUT2D eigenvalue weighted by molar-refractivity contribution is 6.10. The number of carbonyl (C=O) groups excluding carboxylic acids is 1. The Kier molecular flexibility index (Phi) is 6.55. The van der Waals surface area contributed by atoms with E-state index >= 15 is 0 Å². The Hall–Kier alpha value is -3.28. The van der Waals surface area contributed by atoms with E-state index in [1.54, 1.807) is 30.9 Å². The lowest BCUT2D eigenvalue weighted by atomic mass is 10.0. The topological polar surface area (TPSA) is 77.0 Å². The van der Waals surface area contributed by atoms with E-state index < -0.39 is 0 Å². The van der Waals surface area contributed by atoms with E-state index in [1.165, 1.54) is 5.56 Å². The molecule has 2 aromatic heterocycles. The third-order valence-corrected chi connectivity index (χ3v) is 5.39. The Bertz CT molecular complexity index is 1010. The molecule has 1 saturated carbocycles. The standard InChI is InChI=1S/C25H28N4O2/c1-17(2)13-18-7-9-20(10-8-18)29-25-27-14-19(15-28-25)24(30)22-11-12-26-16-23(22)31-21-5-3-4-6-21/h7-12,14-17,21H,3-6,13H2,1-2H3,(H,27,28,29). The van der Waals surface area contributed by atoms with Crippen LogP contribution in [-0.2, 0) is 6.42 Å². The first-order chi connectivity index (χ1) is 15.1. The average Bonchev–Trinajstić information content (AvgIpc) is 3.28. The van der Waals surface area contributed by atoms with Crippen LogP contribution in [-0.4, -0.2) is 26.8 Å². The van der Waals surface area contributed by atoms with Gasteiger partial charge in [-0.1, -0.05) is 26.0 Å². The first kappa shape index (κ1) is 21.0. The Morgan fingerprint density at radius 1 is 1.06 bits per heavy atom. The van der Waals surface area contributed by atoms with Crippen molar-refractivity contribution in [2.24, 2.45) is 5.92 Å². The van der Waals surface area contributed by atoms with Gasteiger partial charge in [-0.25, -0.2) is 9.97 Å². The van der Waals surface area contributed by atoms with Gasteiger partial charge in [-0.15, -0.1) is 0 Å². The molecular formula is C25H28N4O2. The van der Waals surface area contributed by atoms with Crippen LogP contribution in [0.4, 0.5) is 11.6 Å². The number of nitrogens with one attached hydrogen (secondary N) is 1. The SMILES string of the molecule is CC(C)Cc1ccc(Nc2ncc(C(=O)c3ccncc3OC3CCCC3)cn2)cc1. The Labute approximate surface area is 183 Å². The molecule has 2 heterocycles.